The standard InChI is InChI=1S/C19H19Cl2N3O4/c1-10-5-6-12(7-13(10)20)23-24-18(11(2)25)19(26)22-15-8-14(21)16(27-3)9-17(15)28-4/h5-9,18H,1-4H3,(H,22,26). The summed E-state index contributed by atoms with van der Waals surface area (Å²) in [6.07, 6.45) is 0. The molecule has 28 heavy (non-hydrogen) atoms. The van der Waals surface area contributed by atoms with Crippen molar-refractivity contribution in [2.75, 3.05) is 19.5 Å². The van der Waals surface area contributed by atoms with E-state index in [1.54, 1.807) is 18.2 Å². The number of aryl methyl sites for hydroxylation is 1. The number of rotatable bonds is 7. The summed E-state index contributed by atoms with van der Waals surface area (Å²) < 4.78 is 10.3. The Kier molecular flexibility index (Phi) is 7.37. The number of carbonyl (C=O) groups excluding carboxylic acids is 2. The number of azo groups is 1. The molecule has 1 atom stereocenters. The Balaban J connectivity index is 2.26. The molecule has 0 saturated carbocycles. The van der Waals surface area contributed by atoms with E-state index in [0.29, 0.717) is 22.2 Å². The highest BCUT2D eigenvalue weighted by Crippen LogP contribution is 2.36. The van der Waals surface area contributed by atoms with Gasteiger partial charge in [0.1, 0.15) is 11.5 Å². The zero-order valence-electron chi connectivity index (χ0n) is 15.7. The Morgan fingerprint density at radius 1 is 1.04 bits per heavy atom. The molecule has 0 fully saturated rings. The second-order valence-electron chi connectivity index (χ2n) is 5.84. The number of amides is 1. The van der Waals surface area contributed by atoms with Crippen LogP contribution in [0.25, 0.3) is 0 Å². The highest BCUT2D eigenvalue weighted by molar-refractivity contribution is 6.32. The quantitative estimate of drug-likeness (QED) is 0.501. The van der Waals surface area contributed by atoms with E-state index in [9.17, 15) is 9.59 Å². The normalized spacial score (nSPS) is 11.9. The van der Waals surface area contributed by atoms with Gasteiger partial charge in [-0.05, 0) is 37.6 Å². The Morgan fingerprint density at radius 3 is 2.29 bits per heavy atom. The molecule has 0 bridgehead atoms. The molecule has 0 aliphatic rings. The number of methoxy groups -OCH3 is 2. The molecule has 0 spiro atoms. The lowest BCUT2D eigenvalue weighted by atomic mass is 10.2. The zero-order chi connectivity index (χ0) is 20.8. The van der Waals surface area contributed by atoms with Crippen LogP contribution < -0.4 is 14.8 Å². The molecular weight excluding hydrogens is 405 g/mol. The summed E-state index contributed by atoms with van der Waals surface area (Å²) in [4.78, 5) is 24.5. The van der Waals surface area contributed by atoms with Gasteiger partial charge in [0.05, 0.1) is 30.6 Å². The van der Waals surface area contributed by atoms with Crippen molar-refractivity contribution in [1.82, 2.24) is 0 Å². The predicted octanol–water partition coefficient (Wildman–Crippen LogP) is 5.00. The molecule has 1 amide bonds. The van der Waals surface area contributed by atoms with Crippen molar-refractivity contribution >= 4 is 46.3 Å². The maximum Gasteiger partial charge on any atom is 0.258 e. The third-order valence-electron chi connectivity index (χ3n) is 3.81. The molecule has 148 valence electrons. The van der Waals surface area contributed by atoms with Crippen LogP contribution in [0.1, 0.15) is 12.5 Å². The minimum absolute atomic E-state index is 0.272. The largest absolute Gasteiger partial charge is 0.495 e. The van der Waals surface area contributed by atoms with Crippen molar-refractivity contribution in [3.05, 3.63) is 45.9 Å². The number of anilines is 1. The van der Waals surface area contributed by atoms with Gasteiger partial charge in [-0.3, -0.25) is 9.59 Å². The summed E-state index contributed by atoms with van der Waals surface area (Å²) in [6, 6.07) is 6.70. The third kappa shape index (κ3) is 5.21. The van der Waals surface area contributed by atoms with E-state index in [0.717, 1.165) is 5.56 Å². The van der Waals surface area contributed by atoms with E-state index in [-0.39, 0.29) is 10.7 Å². The number of benzene rings is 2. The smallest absolute Gasteiger partial charge is 0.258 e. The molecule has 9 heteroatoms. The zero-order valence-corrected chi connectivity index (χ0v) is 17.3. The molecule has 0 aliphatic heterocycles. The second-order valence-corrected chi connectivity index (χ2v) is 6.65. The fourth-order valence-electron chi connectivity index (χ4n) is 2.25. The average Bonchev–Trinajstić information content (AvgIpc) is 2.64. The topological polar surface area (TPSA) is 89.3 Å². The van der Waals surface area contributed by atoms with Gasteiger partial charge in [-0.25, -0.2) is 0 Å². The monoisotopic (exact) mass is 423 g/mol. The minimum atomic E-state index is -1.34. The van der Waals surface area contributed by atoms with Gasteiger partial charge in [-0.15, -0.1) is 0 Å². The van der Waals surface area contributed by atoms with E-state index < -0.39 is 17.7 Å². The first-order valence-corrected chi connectivity index (χ1v) is 8.92. The van der Waals surface area contributed by atoms with Gasteiger partial charge in [0.15, 0.2) is 5.78 Å². The molecule has 0 saturated heterocycles. The molecule has 1 N–H and O–H groups in total. The fraction of sp³-hybridized carbons (Fsp3) is 0.263. The average molecular weight is 424 g/mol. The maximum absolute atomic E-state index is 12.6. The van der Waals surface area contributed by atoms with Crippen LogP contribution >= 0.6 is 23.2 Å². The van der Waals surface area contributed by atoms with E-state index >= 15 is 0 Å². The number of ketones is 1. The van der Waals surface area contributed by atoms with Crippen LogP contribution in [0.4, 0.5) is 11.4 Å². The summed E-state index contributed by atoms with van der Waals surface area (Å²) in [7, 11) is 2.89. The molecule has 0 aromatic heterocycles. The number of nitrogens with one attached hydrogen (secondary N) is 1. The van der Waals surface area contributed by atoms with Crippen LogP contribution in [-0.2, 0) is 9.59 Å². The Bertz CT molecular complexity index is 932. The lowest BCUT2D eigenvalue weighted by Crippen LogP contribution is -2.32. The van der Waals surface area contributed by atoms with Crippen LogP contribution in [0.3, 0.4) is 0 Å². The molecule has 7 nitrogen and oxygen atoms in total. The number of Topliss-reactive ketones (excluding diaryl/α,β-unsaturated/α-hetero) is 1. The lowest BCUT2D eigenvalue weighted by Gasteiger charge is -2.14. The van der Waals surface area contributed by atoms with E-state index in [1.165, 1.54) is 33.3 Å². The maximum atomic E-state index is 12.6. The number of nitrogens with zero attached hydrogens (tertiary/aromatic N) is 2. The molecule has 0 aliphatic carbocycles. The van der Waals surface area contributed by atoms with Crippen molar-refractivity contribution in [2.24, 2.45) is 10.2 Å². The second kappa shape index (κ2) is 9.52. The van der Waals surface area contributed by atoms with Gasteiger partial charge in [0.2, 0.25) is 6.04 Å². The van der Waals surface area contributed by atoms with Gasteiger partial charge in [-0.1, -0.05) is 29.3 Å². The summed E-state index contributed by atoms with van der Waals surface area (Å²) in [5.41, 5.74) is 1.59. The van der Waals surface area contributed by atoms with Crippen molar-refractivity contribution in [2.45, 2.75) is 19.9 Å². The molecule has 2 aromatic rings. The number of hydrogen-bond donors (Lipinski definition) is 1. The van der Waals surface area contributed by atoms with Crippen LogP contribution in [-0.4, -0.2) is 32.0 Å². The first-order valence-electron chi connectivity index (χ1n) is 8.16. The van der Waals surface area contributed by atoms with Crippen molar-refractivity contribution in [3.8, 4) is 11.5 Å². The molecule has 0 radical (unpaired) electrons. The van der Waals surface area contributed by atoms with Gasteiger partial charge in [-0.2, -0.15) is 10.2 Å². The summed E-state index contributed by atoms with van der Waals surface area (Å²) in [5, 5.41) is 11.2. The number of ether oxygens (including phenoxy) is 2. The Labute approximate surface area is 172 Å². The van der Waals surface area contributed by atoms with Crippen LogP contribution in [0, 0.1) is 6.92 Å². The van der Waals surface area contributed by atoms with E-state index in [2.05, 4.69) is 15.5 Å². The van der Waals surface area contributed by atoms with Crippen LogP contribution in [0.15, 0.2) is 40.6 Å². The minimum Gasteiger partial charge on any atom is -0.495 e. The number of carbonyl (C=O) groups is 2. The van der Waals surface area contributed by atoms with Crippen molar-refractivity contribution in [3.63, 3.8) is 0 Å². The SMILES string of the molecule is COc1cc(OC)c(NC(=O)C(N=Nc2ccc(C)c(Cl)c2)C(C)=O)cc1Cl. The van der Waals surface area contributed by atoms with Gasteiger partial charge in [0, 0.05) is 11.1 Å². The van der Waals surface area contributed by atoms with Gasteiger partial charge < -0.3 is 14.8 Å². The fourth-order valence-corrected chi connectivity index (χ4v) is 2.66. The van der Waals surface area contributed by atoms with E-state index in [4.69, 9.17) is 32.7 Å². The van der Waals surface area contributed by atoms with Crippen LogP contribution in [0.5, 0.6) is 11.5 Å². The van der Waals surface area contributed by atoms with E-state index in [1.807, 2.05) is 6.92 Å². The molecule has 2 rings (SSSR count). The third-order valence-corrected chi connectivity index (χ3v) is 4.51. The molecule has 0 heterocycles. The summed E-state index contributed by atoms with van der Waals surface area (Å²) >= 11 is 12.1. The highest BCUT2D eigenvalue weighted by atomic mass is 35.5. The molecular formula is C19H19Cl2N3O4. The summed E-state index contributed by atoms with van der Waals surface area (Å²) in [6.45, 7) is 3.10. The molecule has 1 unspecified atom stereocenters. The first kappa shape index (κ1) is 21.7. The van der Waals surface area contributed by atoms with Gasteiger partial charge in [0.25, 0.3) is 5.91 Å². The lowest BCUT2D eigenvalue weighted by molar-refractivity contribution is -0.126. The van der Waals surface area contributed by atoms with Crippen molar-refractivity contribution < 1.29 is 19.1 Å². The molecule has 2 aromatic carbocycles. The Morgan fingerprint density at radius 2 is 1.71 bits per heavy atom. The highest BCUT2D eigenvalue weighted by Gasteiger charge is 2.24. The summed E-state index contributed by atoms with van der Waals surface area (Å²) in [5.74, 6) is -0.443. The predicted molar refractivity (Wildman–Crippen MR) is 108 cm³/mol. The van der Waals surface area contributed by atoms with Crippen molar-refractivity contribution in [1.29, 1.82) is 0 Å². The van der Waals surface area contributed by atoms with Crippen LogP contribution in [0.2, 0.25) is 10.0 Å². The number of halogens is 2. The Hall–Kier alpha value is -2.64. The first-order chi connectivity index (χ1) is 13.3. The van der Waals surface area contributed by atoms with Gasteiger partial charge >= 0.3 is 0 Å². The number of hydrogen-bond acceptors (Lipinski definition) is 6.